The second-order valence-corrected chi connectivity index (χ2v) is 9.01. The third kappa shape index (κ3) is 4.37. The van der Waals surface area contributed by atoms with Gasteiger partial charge in [0.25, 0.3) is 0 Å². The van der Waals surface area contributed by atoms with Crippen molar-refractivity contribution in [3.8, 4) is 5.75 Å². The maximum absolute atomic E-state index is 13.7. The van der Waals surface area contributed by atoms with E-state index in [4.69, 9.17) is 16.3 Å². The molecule has 3 amide bonds. The molecule has 7 heteroatoms. The molecule has 2 fully saturated rings. The highest BCUT2D eigenvalue weighted by Gasteiger charge is 2.55. The van der Waals surface area contributed by atoms with Crippen LogP contribution >= 0.6 is 11.6 Å². The van der Waals surface area contributed by atoms with Crippen molar-refractivity contribution in [2.75, 3.05) is 7.11 Å². The van der Waals surface area contributed by atoms with Crippen LogP contribution in [0.1, 0.15) is 49.7 Å². The molecule has 1 N–H and O–H groups in total. The van der Waals surface area contributed by atoms with Crippen molar-refractivity contribution in [3.05, 3.63) is 64.7 Å². The highest BCUT2D eigenvalue weighted by molar-refractivity contribution is 6.30. The van der Waals surface area contributed by atoms with Gasteiger partial charge in [-0.15, -0.1) is 0 Å². The van der Waals surface area contributed by atoms with Crippen molar-refractivity contribution in [3.63, 3.8) is 0 Å². The zero-order valence-corrected chi connectivity index (χ0v) is 18.9. The molecule has 4 rings (SSSR count). The Morgan fingerprint density at radius 2 is 1.88 bits per heavy atom. The summed E-state index contributed by atoms with van der Waals surface area (Å²) in [6, 6.07) is 14.3. The predicted octanol–water partition coefficient (Wildman–Crippen LogP) is 3.99. The van der Waals surface area contributed by atoms with Crippen LogP contribution in [-0.4, -0.2) is 35.8 Å². The van der Waals surface area contributed by atoms with E-state index < -0.39 is 5.41 Å². The monoisotopic (exact) mass is 454 g/mol. The molecule has 6 nitrogen and oxygen atoms in total. The Morgan fingerprint density at radius 1 is 1.16 bits per heavy atom. The van der Waals surface area contributed by atoms with Crippen molar-refractivity contribution in [2.45, 2.75) is 56.5 Å². The number of nitrogens with one attached hydrogen (secondary N) is 1. The number of hydrogen-bond donors (Lipinski definition) is 1. The van der Waals surface area contributed by atoms with Gasteiger partial charge in [0.1, 0.15) is 5.75 Å². The van der Waals surface area contributed by atoms with Crippen LogP contribution in [0.2, 0.25) is 5.02 Å². The molecule has 1 aliphatic heterocycles. The summed E-state index contributed by atoms with van der Waals surface area (Å²) >= 11 is 6.03. The van der Waals surface area contributed by atoms with Gasteiger partial charge in [-0.05, 0) is 48.2 Å². The number of rotatable bonds is 7. The second-order valence-electron chi connectivity index (χ2n) is 8.58. The first kappa shape index (κ1) is 22.3. The van der Waals surface area contributed by atoms with Crippen LogP contribution < -0.4 is 10.1 Å². The fourth-order valence-corrected chi connectivity index (χ4v) is 5.07. The Morgan fingerprint density at radius 3 is 2.53 bits per heavy atom. The molecule has 0 bridgehead atoms. The van der Waals surface area contributed by atoms with E-state index in [-0.39, 0.29) is 36.6 Å². The summed E-state index contributed by atoms with van der Waals surface area (Å²) in [6.07, 6.45) is 3.59. The molecule has 1 aliphatic carbocycles. The highest BCUT2D eigenvalue weighted by Crippen LogP contribution is 2.43. The molecular weight excluding hydrogens is 428 g/mol. The highest BCUT2D eigenvalue weighted by atomic mass is 35.5. The predicted molar refractivity (Wildman–Crippen MR) is 121 cm³/mol. The molecule has 2 aromatic carbocycles. The normalized spacial score (nSPS) is 21.2. The van der Waals surface area contributed by atoms with Gasteiger partial charge in [0, 0.05) is 30.5 Å². The SMILES string of the molecule is COc1ccc(C2(CC(=O)NCc3cccc(Cl)c3)CC(=O)N(C3CCCC3)C2=O)cc1. The zero-order chi connectivity index (χ0) is 22.7. The van der Waals surface area contributed by atoms with Gasteiger partial charge >= 0.3 is 0 Å². The number of likely N-dealkylation sites (tertiary alicyclic amines) is 1. The van der Waals surface area contributed by atoms with Crippen LogP contribution in [-0.2, 0) is 26.3 Å². The van der Waals surface area contributed by atoms with Gasteiger partial charge in [0.15, 0.2) is 0 Å². The Kier molecular flexibility index (Phi) is 6.51. The maximum Gasteiger partial charge on any atom is 0.241 e. The van der Waals surface area contributed by atoms with Crippen molar-refractivity contribution < 1.29 is 19.1 Å². The number of amides is 3. The van der Waals surface area contributed by atoms with Crippen molar-refractivity contribution in [1.29, 1.82) is 0 Å². The average molecular weight is 455 g/mol. The largest absolute Gasteiger partial charge is 0.497 e. The van der Waals surface area contributed by atoms with Gasteiger partial charge in [-0.3, -0.25) is 19.3 Å². The number of carbonyl (C=O) groups is 3. The Labute approximate surface area is 192 Å². The summed E-state index contributed by atoms with van der Waals surface area (Å²) in [7, 11) is 1.57. The molecule has 2 aliphatic rings. The van der Waals surface area contributed by atoms with Gasteiger partial charge in [0.2, 0.25) is 17.7 Å². The zero-order valence-electron chi connectivity index (χ0n) is 18.1. The lowest BCUT2D eigenvalue weighted by molar-refractivity contribution is -0.143. The minimum Gasteiger partial charge on any atom is -0.497 e. The lowest BCUT2D eigenvalue weighted by Gasteiger charge is -2.29. The van der Waals surface area contributed by atoms with E-state index in [2.05, 4.69) is 5.32 Å². The number of imide groups is 1. The molecule has 2 aromatic rings. The minimum absolute atomic E-state index is 0.000747. The first-order valence-electron chi connectivity index (χ1n) is 10.9. The molecule has 0 aromatic heterocycles. The fraction of sp³-hybridized carbons (Fsp3) is 0.400. The number of nitrogens with zero attached hydrogens (tertiary/aromatic N) is 1. The van der Waals surface area contributed by atoms with E-state index in [0.29, 0.717) is 22.9 Å². The molecule has 168 valence electrons. The first-order valence-corrected chi connectivity index (χ1v) is 11.3. The molecule has 32 heavy (non-hydrogen) atoms. The van der Waals surface area contributed by atoms with Crippen molar-refractivity contribution in [2.24, 2.45) is 0 Å². The lowest BCUT2D eigenvalue weighted by atomic mass is 9.75. The fourth-order valence-electron chi connectivity index (χ4n) is 4.85. The topological polar surface area (TPSA) is 75.7 Å². The molecule has 1 unspecified atom stereocenters. The smallest absolute Gasteiger partial charge is 0.241 e. The van der Waals surface area contributed by atoms with E-state index in [9.17, 15) is 14.4 Å². The van der Waals surface area contributed by atoms with Gasteiger partial charge < -0.3 is 10.1 Å². The molecule has 0 radical (unpaired) electrons. The number of benzene rings is 2. The number of ether oxygens (including phenoxy) is 1. The summed E-state index contributed by atoms with van der Waals surface area (Å²) in [5, 5.41) is 3.48. The van der Waals surface area contributed by atoms with Crippen LogP contribution in [0.4, 0.5) is 0 Å². The number of halogens is 1. The third-order valence-corrected chi connectivity index (χ3v) is 6.76. The van der Waals surface area contributed by atoms with Crippen molar-refractivity contribution >= 4 is 29.3 Å². The number of methoxy groups -OCH3 is 1. The van der Waals surface area contributed by atoms with Gasteiger partial charge in [0.05, 0.1) is 12.5 Å². The van der Waals surface area contributed by atoms with E-state index in [0.717, 1.165) is 31.2 Å². The lowest BCUT2D eigenvalue weighted by Crippen LogP contribution is -2.45. The van der Waals surface area contributed by atoms with E-state index >= 15 is 0 Å². The summed E-state index contributed by atoms with van der Waals surface area (Å²) in [4.78, 5) is 41.1. The van der Waals surface area contributed by atoms with Gasteiger partial charge in [-0.1, -0.05) is 48.7 Å². The molecule has 0 spiro atoms. The Hall–Kier alpha value is -2.86. The maximum atomic E-state index is 13.7. The van der Waals surface area contributed by atoms with Gasteiger partial charge in [-0.25, -0.2) is 0 Å². The van der Waals surface area contributed by atoms with Gasteiger partial charge in [-0.2, -0.15) is 0 Å². The molecule has 1 atom stereocenters. The first-order chi connectivity index (χ1) is 15.4. The third-order valence-electron chi connectivity index (χ3n) is 6.52. The summed E-state index contributed by atoms with van der Waals surface area (Å²) in [5.41, 5.74) is 0.325. The minimum atomic E-state index is -1.20. The summed E-state index contributed by atoms with van der Waals surface area (Å²) in [6.45, 7) is 0.298. The summed E-state index contributed by atoms with van der Waals surface area (Å²) < 4.78 is 5.24. The van der Waals surface area contributed by atoms with Crippen LogP contribution in [0, 0.1) is 0 Å². The van der Waals surface area contributed by atoms with Crippen LogP contribution in [0.3, 0.4) is 0 Å². The van der Waals surface area contributed by atoms with E-state index in [1.165, 1.54) is 4.90 Å². The van der Waals surface area contributed by atoms with Crippen molar-refractivity contribution in [1.82, 2.24) is 10.2 Å². The number of hydrogen-bond acceptors (Lipinski definition) is 4. The van der Waals surface area contributed by atoms with E-state index in [1.54, 1.807) is 43.5 Å². The molecule has 1 saturated heterocycles. The Balaban J connectivity index is 1.59. The van der Waals surface area contributed by atoms with Crippen LogP contribution in [0.25, 0.3) is 0 Å². The number of carbonyl (C=O) groups excluding carboxylic acids is 3. The second kappa shape index (κ2) is 9.33. The molecule has 1 saturated carbocycles. The summed E-state index contributed by atoms with van der Waals surface area (Å²) in [5.74, 6) is -0.0909. The average Bonchev–Trinajstić information content (AvgIpc) is 3.39. The Bertz CT molecular complexity index is 1020. The quantitative estimate of drug-likeness (QED) is 0.642. The molecular formula is C25H27ClN2O4. The molecule has 1 heterocycles. The van der Waals surface area contributed by atoms with Crippen LogP contribution in [0.5, 0.6) is 5.75 Å². The van der Waals surface area contributed by atoms with E-state index in [1.807, 2.05) is 12.1 Å². The standard InChI is InChI=1S/C25H27ClN2O4/c1-32-21-11-9-18(10-12-21)25(14-22(29)27-16-17-5-4-6-19(26)13-17)15-23(30)28(24(25)31)20-7-2-3-8-20/h4-6,9-13,20H,2-3,7-8,14-16H2,1H3,(H,27,29). The van der Waals surface area contributed by atoms with Crippen LogP contribution in [0.15, 0.2) is 48.5 Å².